The molecule has 0 saturated heterocycles. The van der Waals surface area contributed by atoms with Crippen LogP contribution in [0, 0.1) is 5.82 Å². The van der Waals surface area contributed by atoms with E-state index in [1.54, 1.807) is 12.4 Å². The van der Waals surface area contributed by atoms with E-state index >= 15 is 0 Å². The molecule has 1 amide bonds. The molecule has 1 atom stereocenters. The molecule has 112 valence electrons. The summed E-state index contributed by atoms with van der Waals surface area (Å²) in [5.41, 5.74) is 3.61. The van der Waals surface area contributed by atoms with Crippen molar-refractivity contribution in [2.45, 2.75) is 25.3 Å². The maximum atomic E-state index is 13.3. The summed E-state index contributed by atoms with van der Waals surface area (Å²) in [5.74, 6) is 4.50. The maximum Gasteiger partial charge on any atom is 0.269 e. The fraction of sp³-hybridized carbons (Fsp3) is 0.357. The summed E-state index contributed by atoms with van der Waals surface area (Å²) in [6.45, 7) is 4.40. The van der Waals surface area contributed by atoms with Crippen molar-refractivity contribution in [1.82, 2.24) is 15.4 Å². The van der Waals surface area contributed by atoms with E-state index in [-0.39, 0.29) is 11.9 Å². The molecule has 7 heteroatoms. The van der Waals surface area contributed by atoms with Crippen LogP contribution in [0.25, 0.3) is 0 Å². The number of pyridine rings is 1. The van der Waals surface area contributed by atoms with Crippen molar-refractivity contribution in [1.29, 1.82) is 0 Å². The summed E-state index contributed by atoms with van der Waals surface area (Å²) in [7, 11) is 0. The van der Waals surface area contributed by atoms with E-state index in [0.717, 1.165) is 6.20 Å². The van der Waals surface area contributed by atoms with Crippen molar-refractivity contribution in [3.63, 3.8) is 0 Å². The molecule has 0 bridgehead atoms. The highest BCUT2D eigenvalue weighted by Crippen LogP contribution is 2.29. The third-order valence-corrected chi connectivity index (χ3v) is 3.25. The van der Waals surface area contributed by atoms with Gasteiger partial charge in [0.15, 0.2) is 0 Å². The van der Waals surface area contributed by atoms with E-state index < -0.39 is 5.82 Å². The average molecular weight is 291 g/mol. The van der Waals surface area contributed by atoms with Gasteiger partial charge in [-0.15, -0.1) is 0 Å². The van der Waals surface area contributed by atoms with Gasteiger partial charge in [-0.05, 0) is 24.5 Å². The number of nitrogens with two attached hydrogens (primary N) is 1. The Balaban J connectivity index is 2.05. The summed E-state index contributed by atoms with van der Waals surface area (Å²) < 4.78 is 13.3. The van der Waals surface area contributed by atoms with E-state index in [1.807, 2.05) is 0 Å². The number of carbonyl (C=O) groups is 1. The molecule has 0 saturated carbocycles. The number of nitrogens with zero attached hydrogens (tertiary/aromatic N) is 3. The number of hydrazine groups is 1. The molecule has 2 heterocycles. The molecule has 0 fully saturated rings. The summed E-state index contributed by atoms with van der Waals surface area (Å²) >= 11 is 0. The second-order valence-corrected chi connectivity index (χ2v) is 4.80. The normalized spacial score (nSPS) is 17.2. The van der Waals surface area contributed by atoms with E-state index in [4.69, 9.17) is 5.84 Å². The van der Waals surface area contributed by atoms with Crippen LogP contribution in [-0.4, -0.2) is 28.7 Å². The lowest BCUT2D eigenvalue weighted by molar-refractivity contribution is -0.129. The fourth-order valence-electron chi connectivity index (χ4n) is 2.17. The minimum absolute atomic E-state index is 0.255. The largest absolute Gasteiger partial charge is 0.271 e. The fourth-order valence-corrected chi connectivity index (χ4v) is 2.17. The Morgan fingerprint density at radius 2 is 2.38 bits per heavy atom. The molecule has 6 nitrogen and oxygen atoms in total. The van der Waals surface area contributed by atoms with Gasteiger partial charge >= 0.3 is 0 Å². The predicted molar refractivity (Wildman–Crippen MR) is 77.5 cm³/mol. The first-order chi connectivity index (χ1) is 10.1. The Morgan fingerprint density at radius 3 is 3.10 bits per heavy atom. The maximum absolute atomic E-state index is 13.3. The molecular weight excluding hydrogens is 273 g/mol. The average Bonchev–Trinajstić information content (AvgIpc) is 2.96. The minimum Gasteiger partial charge on any atom is -0.271 e. The van der Waals surface area contributed by atoms with Crippen LogP contribution in [-0.2, 0) is 4.79 Å². The number of hydrazone groups is 1. The van der Waals surface area contributed by atoms with Crippen molar-refractivity contribution in [3.05, 3.63) is 42.0 Å². The Bertz CT molecular complexity index is 560. The molecule has 2 rings (SSSR count). The Hall–Kier alpha value is -2.12. The topological polar surface area (TPSA) is 83.6 Å². The van der Waals surface area contributed by atoms with E-state index in [0.29, 0.717) is 36.9 Å². The van der Waals surface area contributed by atoms with Crippen molar-refractivity contribution in [2.75, 3.05) is 6.54 Å². The zero-order valence-corrected chi connectivity index (χ0v) is 11.6. The molecule has 0 aliphatic carbocycles. The molecule has 0 radical (unpaired) electrons. The molecule has 21 heavy (non-hydrogen) atoms. The van der Waals surface area contributed by atoms with E-state index in [2.05, 4.69) is 22.1 Å². The minimum atomic E-state index is -0.431. The second kappa shape index (κ2) is 7.05. The van der Waals surface area contributed by atoms with Gasteiger partial charge in [-0.1, -0.05) is 6.58 Å². The quantitative estimate of drug-likeness (QED) is 0.358. The van der Waals surface area contributed by atoms with Crippen molar-refractivity contribution >= 4 is 12.1 Å². The van der Waals surface area contributed by atoms with Gasteiger partial charge < -0.3 is 0 Å². The van der Waals surface area contributed by atoms with Crippen molar-refractivity contribution < 1.29 is 9.18 Å². The van der Waals surface area contributed by atoms with Gasteiger partial charge in [-0.25, -0.2) is 9.40 Å². The van der Waals surface area contributed by atoms with Crippen LogP contribution in [0.2, 0.25) is 0 Å². The molecule has 1 aliphatic rings. The second-order valence-electron chi connectivity index (χ2n) is 4.80. The Labute approximate surface area is 122 Å². The number of nitrogens with one attached hydrogen (secondary N) is 1. The van der Waals surface area contributed by atoms with Crippen LogP contribution < -0.4 is 11.3 Å². The highest BCUT2D eigenvalue weighted by Gasteiger charge is 2.29. The van der Waals surface area contributed by atoms with Gasteiger partial charge in [0.25, 0.3) is 5.91 Å². The van der Waals surface area contributed by atoms with Crippen LogP contribution in [0.3, 0.4) is 0 Å². The highest BCUT2D eigenvalue weighted by atomic mass is 19.1. The standard InChI is InChI=1S/C14H18FN5O/c1-10(3-2-5-18-16)14(21)20-13(4-6-19-20)11-7-12(15)9-17-8-11/h6-9,13,18H,1-5,16H2. The SMILES string of the molecule is C=C(CCCNN)C(=O)N1N=CCC1c1cncc(F)c1. The third-order valence-electron chi connectivity index (χ3n) is 3.25. The Kier molecular flexibility index (Phi) is 5.13. The summed E-state index contributed by atoms with van der Waals surface area (Å²) in [6.07, 6.45) is 6.10. The van der Waals surface area contributed by atoms with Gasteiger partial charge in [0.1, 0.15) is 5.82 Å². The van der Waals surface area contributed by atoms with E-state index in [1.165, 1.54) is 11.1 Å². The molecule has 1 aromatic rings. The molecule has 1 aromatic heterocycles. The lowest BCUT2D eigenvalue weighted by Crippen LogP contribution is -2.29. The van der Waals surface area contributed by atoms with Crippen LogP contribution in [0.1, 0.15) is 30.9 Å². The lowest BCUT2D eigenvalue weighted by Gasteiger charge is -2.22. The third kappa shape index (κ3) is 3.71. The first-order valence-corrected chi connectivity index (χ1v) is 6.71. The Morgan fingerprint density at radius 1 is 1.57 bits per heavy atom. The smallest absolute Gasteiger partial charge is 0.269 e. The number of carbonyl (C=O) groups excluding carboxylic acids is 1. The number of hydrogen-bond donors (Lipinski definition) is 2. The number of halogens is 1. The van der Waals surface area contributed by atoms with Gasteiger partial charge in [0, 0.05) is 31.0 Å². The number of amides is 1. The molecule has 3 N–H and O–H groups in total. The molecular formula is C14H18FN5O. The van der Waals surface area contributed by atoms with Crippen molar-refractivity contribution in [2.24, 2.45) is 10.9 Å². The van der Waals surface area contributed by atoms with E-state index in [9.17, 15) is 9.18 Å². The molecule has 1 aliphatic heterocycles. The van der Waals surface area contributed by atoms with Gasteiger partial charge in [0.05, 0.1) is 12.2 Å². The summed E-state index contributed by atoms with van der Waals surface area (Å²) in [4.78, 5) is 16.2. The zero-order chi connectivity index (χ0) is 15.2. The highest BCUT2D eigenvalue weighted by molar-refractivity contribution is 5.94. The van der Waals surface area contributed by atoms with Gasteiger partial charge in [-0.3, -0.25) is 21.0 Å². The summed E-state index contributed by atoms with van der Waals surface area (Å²) in [6, 6.07) is 1.04. The first-order valence-electron chi connectivity index (χ1n) is 6.71. The van der Waals surface area contributed by atoms with Crippen molar-refractivity contribution in [3.8, 4) is 0 Å². The number of aromatic nitrogens is 1. The van der Waals surface area contributed by atoms with Crippen LogP contribution in [0.15, 0.2) is 35.7 Å². The van der Waals surface area contributed by atoms with Crippen LogP contribution >= 0.6 is 0 Å². The number of hydrogen-bond acceptors (Lipinski definition) is 5. The number of rotatable bonds is 6. The molecule has 0 spiro atoms. The zero-order valence-electron chi connectivity index (χ0n) is 11.6. The monoisotopic (exact) mass is 291 g/mol. The van der Waals surface area contributed by atoms with Crippen LogP contribution in [0.4, 0.5) is 4.39 Å². The molecule has 0 aromatic carbocycles. The lowest BCUT2D eigenvalue weighted by atomic mass is 10.1. The first kappa shape index (κ1) is 15.3. The van der Waals surface area contributed by atoms with Crippen LogP contribution in [0.5, 0.6) is 0 Å². The van der Waals surface area contributed by atoms with Gasteiger partial charge in [-0.2, -0.15) is 5.10 Å². The predicted octanol–water partition coefficient (Wildman–Crippen LogP) is 1.28. The van der Waals surface area contributed by atoms with Gasteiger partial charge in [0.2, 0.25) is 0 Å². The molecule has 1 unspecified atom stereocenters. The summed E-state index contributed by atoms with van der Waals surface area (Å²) in [5, 5.41) is 5.42.